The number of fused-ring (bicyclic) bond motifs is 1. The summed E-state index contributed by atoms with van der Waals surface area (Å²) in [5.74, 6) is 0.0761. The van der Waals surface area contributed by atoms with Crippen LogP contribution in [0.2, 0.25) is 0 Å². The highest BCUT2D eigenvalue weighted by Gasteiger charge is 2.24. The summed E-state index contributed by atoms with van der Waals surface area (Å²) in [7, 11) is -3.22. The van der Waals surface area contributed by atoms with Crippen molar-refractivity contribution < 1.29 is 13.2 Å². The van der Waals surface area contributed by atoms with Gasteiger partial charge in [0.05, 0.1) is 10.6 Å². The van der Waals surface area contributed by atoms with E-state index in [1.165, 1.54) is 6.92 Å². The molecule has 0 radical (unpaired) electrons. The quantitative estimate of drug-likeness (QED) is 0.793. The smallest absolute Gasteiger partial charge is 0.223 e. The zero-order valence-corrected chi connectivity index (χ0v) is 12.4. The van der Waals surface area contributed by atoms with Crippen LogP contribution in [0, 0.1) is 0 Å². The van der Waals surface area contributed by atoms with Crippen LogP contribution in [0.15, 0.2) is 23.1 Å². The summed E-state index contributed by atoms with van der Waals surface area (Å²) in [4.78, 5) is 13.4. The number of hydrogen-bond acceptors (Lipinski definition) is 3. The van der Waals surface area contributed by atoms with Crippen molar-refractivity contribution in [1.82, 2.24) is 0 Å². The highest BCUT2D eigenvalue weighted by atomic mass is 79.9. The van der Waals surface area contributed by atoms with Gasteiger partial charge < -0.3 is 4.90 Å². The lowest BCUT2D eigenvalue weighted by Crippen LogP contribution is -2.25. The van der Waals surface area contributed by atoms with Crippen LogP contribution in [0.5, 0.6) is 0 Å². The Morgan fingerprint density at radius 1 is 1.44 bits per heavy atom. The van der Waals surface area contributed by atoms with Gasteiger partial charge in [0.15, 0.2) is 9.84 Å². The molecular weight excluding hydrogens is 318 g/mol. The molecule has 1 aliphatic heterocycles. The predicted molar refractivity (Wildman–Crippen MR) is 74.0 cm³/mol. The van der Waals surface area contributed by atoms with Gasteiger partial charge in [-0.2, -0.15) is 0 Å². The fourth-order valence-corrected chi connectivity index (χ4v) is 4.43. The van der Waals surface area contributed by atoms with Crippen molar-refractivity contribution in [2.24, 2.45) is 0 Å². The normalized spacial score (nSPS) is 14.7. The molecule has 0 atom stereocenters. The SMILES string of the molecule is CC(=O)N1CCc2cc(S(=O)(=O)CCBr)ccc21. The Bertz CT molecular complexity index is 583. The highest BCUT2D eigenvalue weighted by Crippen LogP contribution is 2.30. The molecule has 0 unspecified atom stereocenters. The van der Waals surface area contributed by atoms with Crippen LogP contribution in [0.25, 0.3) is 0 Å². The molecule has 1 heterocycles. The molecule has 0 fully saturated rings. The molecule has 1 aliphatic rings. The van der Waals surface area contributed by atoms with Gasteiger partial charge in [0.2, 0.25) is 5.91 Å². The lowest BCUT2D eigenvalue weighted by atomic mass is 10.2. The number of alkyl halides is 1. The van der Waals surface area contributed by atoms with Gasteiger partial charge in [0.25, 0.3) is 0 Å². The number of anilines is 1. The Balaban J connectivity index is 2.39. The van der Waals surface area contributed by atoms with E-state index in [4.69, 9.17) is 0 Å². The fraction of sp³-hybridized carbons (Fsp3) is 0.417. The summed E-state index contributed by atoms with van der Waals surface area (Å²) >= 11 is 3.14. The molecule has 1 aromatic rings. The van der Waals surface area contributed by atoms with Crippen LogP contribution in [-0.2, 0) is 21.1 Å². The largest absolute Gasteiger partial charge is 0.312 e. The van der Waals surface area contributed by atoms with Gasteiger partial charge in [-0.3, -0.25) is 4.79 Å². The maximum Gasteiger partial charge on any atom is 0.223 e. The minimum Gasteiger partial charge on any atom is -0.312 e. The van der Waals surface area contributed by atoms with E-state index >= 15 is 0 Å². The first kappa shape index (κ1) is 13.5. The summed E-state index contributed by atoms with van der Waals surface area (Å²) < 4.78 is 23.9. The molecule has 0 saturated heterocycles. The molecule has 0 aromatic heterocycles. The van der Waals surface area contributed by atoms with E-state index in [1.807, 2.05) is 0 Å². The number of rotatable bonds is 3. The van der Waals surface area contributed by atoms with Crippen molar-refractivity contribution in [2.45, 2.75) is 18.2 Å². The second-order valence-corrected chi connectivity index (χ2v) is 7.12. The summed E-state index contributed by atoms with van der Waals surface area (Å²) in [5.41, 5.74) is 1.76. The Hall–Kier alpha value is -0.880. The molecule has 1 amide bonds. The van der Waals surface area contributed by atoms with Crippen molar-refractivity contribution >= 4 is 37.4 Å². The number of carbonyl (C=O) groups is 1. The topological polar surface area (TPSA) is 54.5 Å². The second kappa shape index (κ2) is 5.01. The van der Waals surface area contributed by atoms with Gasteiger partial charge in [-0.25, -0.2) is 8.42 Å². The highest BCUT2D eigenvalue weighted by molar-refractivity contribution is 9.09. The number of nitrogens with zero attached hydrogens (tertiary/aromatic N) is 1. The molecule has 0 N–H and O–H groups in total. The molecule has 0 spiro atoms. The van der Waals surface area contributed by atoms with Crippen molar-refractivity contribution in [2.75, 3.05) is 22.5 Å². The summed E-state index contributed by atoms with van der Waals surface area (Å²) in [5, 5.41) is 0.423. The molecule has 0 saturated carbocycles. The minimum atomic E-state index is -3.22. The van der Waals surface area contributed by atoms with E-state index in [0.29, 0.717) is 23.2 Å². The number of amides is 1. The Morgan fingerprint density at radius 2 is 2.17 bits per heavy atom. The van der Waals surface area contributed by atoms with Gasteiger partial charge in [0.1, 0.15) is 0 Å². The first-order valence-electron chi connectivity index (χ1n) is 5.65. The third-order valence-electron chi connectivity index (χ3n) is 3.03. The molecule has 0 bridgehead atoms. The van der Waals surface area contributed by atoms with Gasteiger partial charge in [-0.05, 0) is 30.2 Å². The molecule has 4 nitrogen and oxygen atoms in total. The maximum absolute atomic E-state index is 11.9. The molecule has 18 heavy (non-hydrogen) atoms. The second-order valence-electron chi connectivity index (χ2n) is 4.22. The van der Waals surface area contributed by atoms with E-state index in [0.717, 1.165) is 11.3 Å². The minimum absolute atomic E-state index is 0.00943. The van der Waals surface area contributed by atoms with Crippen LogP contribution < -0.4 is 4.90 Å². The van der Waals surface area contributed by atoms with Gasteiger partial charge >= 0.3 is 0 Å². The summed E-state index contributed by atoms with van der Waals surface area (Å²) in [6.07, 6.45) is 0.715. The maximum atomic E-state index is 11.9. The van der Waals surface area contributed by atoms with Gasteiger partial charge in [-0.1, -0.05) is 15.9 Å². The summed E-state index contributed by atoms with van der Waals surface area (Å²) in [6.45, 7) is 2.15. The van der Waals surface area contributed by atoms with E-state index in [2.05, 4.69) is 15.9 Å². The number of halogens is 1. The van der Waals surface area contributed by atoms with E-state index < -0.39 is 9.84 Å². The van der Waals surface area contributed by atoms with Crippen LogP contribution >= 0.6 is 15.9 Å². The first-order valence-corrected chi connectivity index (χ1v) is 8.43. The van der Waals surface area contributed by atoms with Crippen molar-refractivity contribution in [3.63, 3.8) is 0 Å². The zero-order valence-electron chi connectivity index (χ0n) is 10.0. The van der Waals surface area contributed by atoms with E-state index in [9.17, 15) is 13.2 Å². The van der Waals surface area contributed by atoms with E-state index in [-0.39, 0.29) is 11.7 Å². The van der Waals surface area contributed by atoms with Crippen LogP contribution in [0.4, 0.5) is 5.69 Å². The fourth-order valence-electron chi connectivity index (χ4n) is 2.12. The lowest BCUT2D eigenvalue weighted by Gasteiger charge is -2.14. The molecule has 2 rings (SSSR count). The average Bonchev–Trinajstić information content (AvgIpc) is 2.71. The van der Waals surface area contributed by atoms with E-state index in [1.54, 1.807) is 23.1 Å². The molecular formula is C12H14BrNO3S. The van der Waals surface area contributed by atoms with Gasteiger partial charge in [0, 0.05) is 24.5 Å². The number of hydrogen-bond donors (Lipinski definition) is 0. The Morgan fingerprint density at radius 3 is 2.78 bits per heavy atom. The Kier molecular flexibility index (Phi) is 3.77. The van der Waals surface area contributed by atoms with Crippen LogP contribution in [0.1, 0.15) is 12.5 Å². The van der Waals surface area contributed by atoms with Crippen molar-refractivity contribution in [1.29, 1.82) is 0 Å². The molecule has 0 aliphatic carbocycles. The first-order chi connectivity index (χ1) is 8.45. The third kappa shape index (κ3) is 2.44. The van der Waals surface area contributed by atoms with Crippen molar-refractivity contribution in [3.05, 3.63) is 23.8 Å². The summed E-state index contributed by atoms with van der Waals surface area (Å²) in [6, 6.07) is 5.00. The molecule has 98 valence electrons. The Labute approximate surface area is 115 Å². The number of sulfone groups is 1. The zero-order chi connectivity index (χ0) is 13.3. The predicted octanol–water partition coefficient (Wildman–Crippen LogP) is 1.76. The number of carbonyl (C=O) groups excluding carboxylic acids is 1. The number of benzene rings is 1. The van der Waals surface area contributed by atoms with Gasteiger partial charge in [-0.15, -0.1) is 0 Å². The average molecular weight is 332 g/mol. The molecule has 1 aromatic carbocycles. The molecule has 6 heteroatoms. The standard InChI is InChI=1S/C12H14BrNO3S/c1-9(15)14-6-4-10-8-11(2-3-12(10)14)18(16,17)7-5-13/h2-3,8H,4-7H2,1H3. The van der Waals surface area contributed by atoms with Crippen LogP contribution in [0.3, 0.4) is 0 Å². The third-order valence-corrected chi connectivity index (χ3v) is 5.67. The van der Waals surface area contributed by atoms with Crippen molar-refractivity contribution in [3.8, 4) is 0 Å². The van der Waals surface area contributed by atoms with Crippen LogP contribution in [-0.4, -0.2) is 32.0 Å². The monoisotopic (exact) mass is 331 g/mol. The lowest BCUT2D eigenvalue weighted by molar-refractivity contribution is -0.116.